The van der Waals surface area contributed by atoms with E-state index in [1.165, 1.54) is 18.0 Å². The van der Waals surface area contributed by atoms with Crippen molar-refractivity contribution in [2.75, 3.05) is 18.6 Å². The molecule has 2 amide bonds. The van der Waals surface area contributed by atoms with Crippen molar-refractivity contribution in [1.82, 2.24) is 25.5 Å². The van der Waals surface area contributed by atoms with Crippen molar-refractivity contribution in [3.63, 3.8) is 0 Å². The van der Waals surface area contributed by atoms with Crippen LogP contribution in [-0.4, -0.2) is 62.4 Å². The Morgan fingerprint density at radius 1 is 1.31 bits per heavy atom. The van der Waals surface area contributed by atoms with E-state index in [-0.39, 0.29) is 30.5 Å². The minimum Gasteiger partial charge on any atom is -0.487 e. The summed E-state index contributed by atoms with van der Waals surface area (Å²) < 4.78 is 19.6. The Balaban J connectivity index is 1.46. The van der Waals surface area contributed by atoms with Crippen molar-refractivity contribution in [1.29, 1.82) is 0 Å². The fraction of sp³-hybridized carbons (Fsp3) is 0.292. The van der Waals surface area contributed by atoms with Crippen molar-refractivity contribution >= 4 is 17.6 Å². The van der Waals surface area contributed by atoms with Gasteiger partial charge in [-0.25, -0.2) is 14.4 Å². The number of carbonyl (C=O) groups excluding carboxylic acids is 2. The maximum Gasteiger partial charge on any atom is 0.291 e. The maximum absolute atomic E-state index is 13.9. The van der Waals surface area contributed by atoms with Gasteiger partial charge < -0.3 is 15.2 Å². The third-order valence-corrected chi connectivity index (χ3v) is 5.04. The second kappa shape index (κ2) is 9.52. The number of aromatic nitrogens is 4. The third-order valence-electron chi connectivity index (χ3n) is 5.04. The van der Waals surface area contributed by atoms with Crippen LogP contribution in [0.2, 0.25) is 0 Å². The summed E-state index contributed by atoms with van der Waals surface area (Å²) in [6, 6.07) is 8.44. The summed E-state index contributed by atoms with van der Waals surface area (Å²) in [5, 5.41) is 18.9. The highest BCUT2D eigenvalue weighted by molar-refractivity contribution is 6.01. The molecular weight excluding hydrogens is 455 g/mol. The molecule has 0 radical (unpaired) electrons. The molecule has 4 rings (SSSR count). The average Bonchev–Trinajstić information content (AvgIpc) is 3.25. The molecule has 0 saturated heterocycles. The molecule has 0 bridgehead atoms. The van der Waals surface area contributed by atoms with E-state index in [0.29, 0.717) is 22.8 Å². The SMILES string of the molecule is CN1C(=O)[C@@H](NC(=O)c2n[nH]c(Cc3ccccc3F)n2)COc2ccc(C#CC(C)(C)O)nc21. The Bertz CT molecular complexity index is 1340. The van der Waals surface area contributed by atoms with Gasteiger partial charge in [0.1, 0.15) is 35.6 Å². The van der Waals surface area contributed by atoms with Crippen LogP contribution in [0.3, 0.4) is 0 Å². The molecule has 1 aliphatic rings. The Labute approximate surface area is 200 Å². The van der Waals surface area contributed by atoms with Crippen molar-refractivity contribution in [2.45, 2.75) is 31.9 Å². The summed E-state index contributed by atoms with van der Waals surface area (Å²) in [4.78, 5) is 35.4. The fourth-order valence-electron chi connectivity index (χ4n) is 3.28. The van der Waals surface area contributed by atoms with Crippen LogP contribution < -0.4 is 15.0 Å². The van der Waals surface area contributed by atoms with Gasteiger partial charge in [-0.2, -0.15) is 0 Å². The number of nitrogens with zero attached hydrogens (tertiary/aromatic N) is 4. The molecule has 0 unspecified atom stereocenters. The molecule has 1 atom stereocenters. The molecule has 180 valence electrons. The number of aliphatic hydroxyl groups is 1. The minimum absolute atomic E-state index is 0.126. The molecule has 35 heavy (non-hydrogen) atoms. The Kier molecular flexibility index (Phi) is 6.48. The van der Waals surface area contributed by atoms with Crippen LogP contribution >= 0.6 is 0 Å². The topological polar surface area (TPSA) is 133 Å². The quantitative estimate of drug-likeness (QED) is 0.480. The molecule has 10 nitrogen and oxygen atoms in total. The number of likely N-dealkylation sites (N-methyl/N-ethyl adjacent to an activating group) is 1. The predicted octanol–water partition coefficient (Wildman–Crippen LogP) is 1.21. The molecule has 1 aromatic carbocycles. The summed E-state index contributed by atoms with van der Waals surface area (Å²) in [5.74, 6) is 4.59. The maximum atomic E-state index is 13.9. The molecule has 3 heterocycles. The normalized spacial score (nSPS) is 15.4. The lowest BCUT2D eigenvalue weighted by molar-refractivity contribution is -0.120. The van der Waals surface area contributed by atoms with Crippen LogP contribution in [0.15, 0.2) is 36.4 Å². The van der Waals surface area contributed by atoms with Gasteiger partial charge in [0.15, 0.2) is 11.6 Å². The van der Waals surface area contributed by atoms with E-state index in [2.05, 4.69) is 37.3 Å². The second-order valence-corrected chi connectivity index (χ2v) is 8.44. The number of carbonyl (C=O) groups is 2. The third kappa shape index (κ3) is 5.62. The largest absolute Gasteiger partial charge is 0.487 e. The van der Waals surface area contributed by atoms with Gasteiger partial charge in [0.2, 0.25) is 5.82 Å². The summed E-state index contributed by atoms with van der Waals surface area (Å²) in [5.41, 5.74) is -0.446. The summed E-state index contributed by atoms with van der Waals surface area (Å²) in [6.07, 6.45) is 0.126. The van der Waals surface area contributed by atoms with Gasteiger partial charge >= 0.3 is 0 Å². The number of aromatic amines is 1. The molecule has 3 N–H and O–H groups in total. The fourth-order valence-corrected chi connectivity index (χ4v) is 3.28. The number of anilines is 1. The average molecular weight is 478 g/mol. The molecule has 0 aliphatic carbocycles. The van der Waals surface area contributed by atoms with Gasteiger partial charge in [-0.3, -0.25) is 19.6 Å². The molecule has 3 aromatic rings. The van der Waals surface area contributed by atoms with Crippen molar-refractivity contribution in [3.05, 3.63) is 65.1 Å². The predicted molar refractivity (Wildman–Crippen MR) is 123 cm³/mol. The number of hydrogen-bond donors (Lipinski definition) is 3. The van der Waals surface area contributed by atoms with E-state index in [4.69, 9.17) is 4.74 Å². The van der Waals surface area contributed by atoms with Gasteiger partial charge in [-0.1, -0.05) is 24.1 Å². The lowest BCUT2D eigenvalue weighted by Crippen LogP contribution is -2.49. The Morgan fingerprint density at radius 2 is 2.09 bits per heavy atom. The van der Waals surface area contributed by atoms with Gasteiger partial charge in [-0.05, 0) is 43.5 Å². The van der Waals surface area contributed by atoms with Gasteiger partial charge in [-0.15, -0.1) is 5.10 Å². The standard InChI is InChI=1S/C24H23FN6O4/c1-24(2,34)11-10-15-8-9-18-21(26-15)31(3)23(33)17(13-35-18)27-22(32)20-28-19(29-30-20)12-14-6-4-5-7-16(14)25/h4-9,17,34H,12-13H2,1-3H3,(H,27,32)(H,28,29,30)/t17-/m0/s1. The zero-order chi connectivity index (χ0) is 25.2. The first-order valence-corrected chi connectivity index (χ1v) is 10.7. The number of benzene rings is 1. The number of halogens is 1. The van der Waals surface area contributed by atoms with Crippen LogP contribution in [0.4, 0.5) is 10.2 Å². The van der Waals surface area contributed by atoms with Crippen LogP contribution in [0.25, 0.3) is 0 Å². The highest BCUT2D eigenvalue weighted by atomic mass is 19.1. The number of hydrogen-bond acceptors (Lipinski definition) is 7. The number of rotatable bonds is 4. The molecule has 2 aromatic heterocycles. The minimum atomic E-state index is -1.20. The van der Waals surface area contributed by atoms with Crippen LogP contribution in [0.1, 0.15) is 41.5 Å². The smallest absolute Gasteiger partial charge is 0.291 e. The number of amides is 2. The van der Waals surface area contributed by atoms with E-state index in [1.807, 2.05) is 0 Å². The van der Waals surface area contributed by atoms with Crippen LogP contribution in [0, 0.1) is 17.7 Å². The van der Waals surface area contributed by atoms with E-state index in [0.717, 1.165) is 0 Å². The zero-order valence-electron chi connectivity index (χ0n) is 19.3. The first-order chi connectivity index (χ1) is 16.6. The monoisotopic (exact) mass is 478 g/mol. The lowest BCUT2D eigenvalue weighted by Gasteiger charge is -2.19. The summed E-state index contributed by atoms with van der Waals surface area (Å²) >= 11 is 0. The van der Waals surface area contributed by atoms with Crippen LogP contribution in [0.5, 0.6) is 5.75 Å². The van der Waals surface area contributed by atoms with E-state index in [9.17, 15) is 19.1 Å². The Hall–Kier alpha value is -4.30. The Morgan fingerprint density at radius 3 is 2.83 bits per heavy atom. The van der Waals surface area contributed by atoms with Crippen molar-refractivity contribution in [2.24, 2.45) is 0 Å². The molecule has 0 saturated carbocycles. The number of pyridine rings is 1. The summed E-state index contributed by atoms with van der Waals surface area (Å²) in [7, 11) is 1.51. The van der Waals surface area contributed by atoms with E-state index in [1.54, 1.807) is 44.2 Å². The molecule has 1 aliphatic heterocycles. The number of ether oxygens (including phenoxy) is 1. The molecular formula is C24H23FN6O4. The first kappa shape index (κ1) is 23.8. The highest BCUT2D eigenvalue weighted by Gasteiger charge is 2.32. The number of nitrogens with one attached hydrogen (secondary N) is 2. The lowest BCUT2D eigenvalue weighted by atomic mass is 10.1. The number of H-pyrrole nitrogens is 1. The van der Waals surface area contributed by atoms with Gasteiger partial charge in [0.25, 0.3) is 11.8 Å². The zero-order valence-corrected chi connectivity index (χ0v) is 19.3. The van der Waals surface area contributed by atoms with Crippen LogP contribution in [-0.2, 0) is 11.2 Å². The van der Waals surface area contributed by atoms with Gasteiger partial charge in [0, 0.05) is 13.5 Å². The summed E-state index contributed by atoms with van der Waals surface area (Å²) in [6.45, 7) is 2.96. The number of fused-ring (bicyclic) bond motifs is 1. The van der Waals surface area contributed by atoms with Crippen molar-refractivity contribution in [3.8, 4) is 17.6 Å². The molecule has 0 spiro atoms. The van der Waals surface area contributed by atoms with E-state index < -0.39 is 23.5 Å². The highest BCUT2D eigenvalue weighted by Crippen LogP contribution is 2.28. The second-order valence-electron chi connectivity index (χ2n) is 8.44. The molecule has 0 fully saturated rings. The van der Waals surface area contributed by atoms with E-state index >= 15 is 0 Å². The first-order valence-electron chi connectivity index (χ1n) is 10.7. The van der Waals surface area contributed by atoms with Gasteiger partial charge in [0.05, 0.1) is 0 Å². The van der Waals surface area contributed by atoms with Crippen molar-refractivity contribution < 1.29 is 23.8 Å². The molecule has 11 heteroatoms.